The van der Waals surface area contributed by atoms with Crippen molar-refractivity contribution in [3.05, 3.63) is 60.2 Å². The van der Waals surface area contributed by atoms with Gasteiger partial charge in [0.2, 0.25) is 11.8 Å². The van der Waals surface area contributed by atoms with Crippen LogP contribution in [0.2, 0.25) is 0 Å². The third kappa shape index (κ3) is 4.67. The number of nitrogens with one attached hydrogen (secondary N) is 1. The fraction of sp³-hybridized carbons (Fsp3) is 0.364. The highest BCUT2D eigenvalue weighted by atomic mass is 16.5. The molecule has 0 bridgehead atoms. The van der Waals surface area contributed by atoms with Crippen molar-refractivity contribution < 1.29 is 14.3 Å². The molecule has 1 fully saturated rings. The minimum Gasteiger partial charge on any atom is -0.494 e. The molecule has 5 heteroatoms. The van der Waals surface area contributed by atoms with Crippen molar-refractivity contribution in [3.63, 3.8) is 0 Å². The van der Waals surface area contributed by atoms with Crippen LogP contribution in [0.4, 0.5) is 5.69 Å². The van der Waals surface area contributed by atoms with Crippen LogP contribution in [-0.4, -0.2) is 31.5 Å². The van der Waals surface area contributed by atoms with Crippen molar-refractivity contribution in [2.45, 2.75) is 26.2 Å². The van der Waals surface area contributed by atoms with E-state index in [0.717, 1.165) is 11.4 Å². The monoisotopic (exact) mass is 366 g/mol. The van der Waals surface area contributed by atoms with Gasteiger partial charge in [0.15, 0.2) is 0 Å². The summed E-state index contributed by atoms with van der Waals surface area (Å²) in [6, 6.07) is 17.5. The Bertz CT molecular complexity index is 774. The first-order valence-corrected chi connectivity index (χ1v) is 9.44. The summed E-state index contributed by atoms with van der Waals surface area (Å²) in [4.78, 5) is 26.6. The summed E-state index contributed by atoms with van der Waals surface area (Å²) in [5, 5.41) is 3.00. The van der Waals surface area contributed by atoms with Crippen LogP contribution in [0.5, 0.6) is 5.75 Å². The lowest BCUT2D eigenvalue weighted by atomic mass is 10.0. The average molecular weight is 366 g/mol. The van der Waals surface area contributed by atoms with E-state index in [1.807, 2.05) is 49.4 Å². The fourth-order valence-corrected chi connectivity index (χ4v) is 3.32. The Balaban J connectivity index is 1.55. The van der Waals surface area contributed by atoms with E-state index in [2.05, 4.69) is 24.4 Å². The van der Waals surface area contributed by atoms with E-state index in [-0.39, 0.29) is 30.1 Å². The Labute approximate surface area is 160 Å². The molecule has 2 aromatic carbocycles. The lowest BCUT2D eigenvalue weighted by Crippen LogP contribution is -2.35. The predicted molar refractivity (Wildman–Crippen MR) is 106 cm³/mol. The number of nitrogens with zero attached hydrogens (tertiary/aromatic N) is 1. The molecule has 2 aromatic rings. The van der Waals surface area contributed by atoms with Crippen molar-refractivity contribution >= 4 is 17.5 Å². The molecule has 0 spiro atoms. The first kappa shape index (κ1) is 19.0. The van der Waals surface area contributed by atoms with Gasteiger partial charge in [-0.15, -0.1) is 0 Å². The van der Waals surface area contributed by atoms with Crippen LogP contribution in [0, 0.1) is 5.92 Å². The Morgan fingerprint density at radius 1 is 1.19 bits per heavy atom. The minimum absolute atomic E-state index is 0.0181. The summed E-state index contributed by atoms with van der Waals surface area (Å²) >= 11 is 0. The molecule has 0 saturated carbocycles. The molecule has 1 heterocycles. The molecule has 0 radical (unpaired) electrons. The maximum Gasteiger partial charge on any atom is 0.227 e. The number of hydrogen-bond acceptors (Lipinski definition) is 3. The zero-order valence-electron chi connectivity index (χ0n) is 15.9. The Morgan fingerprint density at radius 3 is 2.56 bits per heavy atom. The molecule has 5 nitrogen and oxygen atoms in total. The summed E-state index contributed by atoms with van der Waals surface area (Å²) in [7, 11) is 0. The molecule has 142 valence electrons. The first-order valence-electron chi connectivity index (χ1n) is 9.44. The molecular weight excluding hydrogens is 340 g/mol. The molecule has 2 atom stereocenters. The Hall–Kier alpha value is -2.82. The summed E-state index contributed by atoms with van der Waals surface area (Å²) in [5.74, 6) is 0.619. The molecule has 3 rings (SSSR count). The quantitative estimate of drug-likeness (QED) is 0.817. The third-order valence-corrected chi connectivity index (χ3v) is 4.91. The number of carbonyl (C=O) groups excluding carboxylic acids is 2. The molecule has 0 unspecified atom stereocenters. The van der Waals surface area contributed by atoms with Gasteiger partial charge in [-0.05, 0) is 42.7 Å². The van der Waals surface area contributed by atoms with Crippen LogP contribution in [0.1, 0.15) is 31.7 Å². The molecule has 2 amide bonds. The Kier molecular flexibility index (Phi) is 6.12. The molecule has 0 aromatic heterocycles. The lowest BCUT2D eigenvalue weighted by molar-refractivity contribution is -0.126. The van der Waals surface area contributed by atoms with Gasteiger partial charge < -0.3 is 15.0 Å². The maximum atomic E-state index is 12.5. The van der Waals surface area contributed by atoms with Crippen molar-refractivity contribution in [2.75, 3.05) is 24.6 Å². The smallest absolute Gasteiger partial charge is 0.227 e. The lowest BCUT2D eigenvalue weighted by Gasteiger charge is -2.18. The zero-order valence-corrected chi connectivity index (χ0v) is 15.9. The molecule has 1 N–H and O–H groups in total. The highest BCUT2D eigenvalue weighted by molar-refractivity contribution is 6.00. The van der Waals surface area contributed by atoms with E-state index in [1.165, 1.54) is 5.56 Å². The highest BCUT2D eigenvalue weighted by Gasteiger charge is 2.35. The predicted octanol–water partition coefficient (Wildman–Crippen LogP) is 3.36. The van der Waals surface area contributed by atoms with E-state index < -0.39 is 0 Å². The fourth-order valence-electron chi connectivity index (χ4n) is 3.32. The van der Waals surface area contributed by atoms with Crippen molar-refractivity contribution in [1.82, 2.24) is 5.32 Å². The van der Waals surface area contributed by atoms with Crippen LogP contribution in [0.3, 0.4) is 0 Å². The summed E-state index contributed by atoms with van der Waals surface area (Å²) in [6.07, 6.45) is 0.249. The molecular formula is C22H26N2O3. The minimum atomic E-state index is -0.313. The molecule has 27 heavy (non-hydrogen) atoms. The zero-order chi connectivity index (χ0) is 19.2. The number of amides is 2. The van der Waals surface area contributed by atoms with Crippen molar-refractivity contribution in [1.29, 1.82) is 0 Å². The third-order valence-electron chi connectivity index (χ3n) is 4.91. The van der Waals surface area contributed by atoms with Crippen molar-refractivity contribution in [3.8, 4) is 5.75 Å². The largest absolute Gasteiger partial charge is 0.494 e. The van der Waals surface area contributed by atoms with Gasteiger partial charge in [0.25, 0.3) is 0 Å². The van der Waals surface area contributed by atoms with Crippen LogP contribution in [0.15, 0.2) is 54.6 Å². The standard InChI is InChI=1S/C22H26N2O3/c1-3-27-20-11-9-19(10-12-20)24-15-18(13-21(24)25)22(26)23-14-16(2)17-7-5-4-6-8-17/h4-12,16,18H,3,13-15H2,1-2H3,(H,23,26)/t16-,18-/m0/s1. The second-order valence-corrected chi connectivity index (χ2v) is 6.89. The van der Waals surface area contributed by atoms with E-state index in [0.29, 0.717) is 19.7 Å². The van der Waals surface area contributed by atoms with E-state index in [1.54, 1.807) is 4.90 Å². The van der Waals surface area contributed by atoms with Gasteiger partial charge in [0, 0.05) is 25.2 Å². The maximum absolute atomic E-state index is 12.5. The van der Waals surface area contributed by atoms with Gasteiger partial charge in [0.05, 0.1) is 12.5 Å². The van der Waals surface area contributed by atoms with Gasteiger partial charge in [-0.25, -0.2) is 0 Å². The number of ether oxygens (including phenoxy) is 1. The molecule has 0 aliphatic carbocycles. The normalized spacial score (nSPS) is 17.6. The molecule has 1 aliphatic rings. The van der Waals surface area contributed by atoms with Gasteiger partial charge >= 0.3 is 0 Å². The SMILES string of the molecule is CCOc1ccc(N2C[C@@H](C(=O)NC[C@H](C)c3ccccc3)CC2=O)cc1. The van der Waals surface area contributed by atoms with Crippen LogP contribution < -0.4 is 15.0 Å². The van der Waals surface area contributed by atoms with Gasteiger partial charge in [0.1, 0.15) is 5.75 Å². The van der Waals surface area contributed by atoms with Crippen molar-refractivity contribution in [2.24, 2.45) is 5.92 Å². The summed E-state index contributed by atoms with van der Waals surface area (Å²) in [5.41, 5.74) is 1.99. The molecule has 1 aliphatic heterocycles. The number of hydrogen-bond donors (Lipinski definition) is 1. The second-order valence-electron chi connectivity index (χ2n) is 6.89. The number of carbonyl (C=O) groups is 2. The number of anilines is 1. The molecule has 1 saturated heterocycles. The van der Waals surface area contributed by atoms with Gasteiger partial charge in [-0.2, -0.15) is 0 Å². The highest BCUT2D eigenvalue weighted by Crippen LogP contribution is 2.27. The van der Waals surface area contributed by atoms with E-state index in [9.17, 15) is 9.59 Å². The number of benzene rings is 2. The average Bonchev–Trinajstić information content (AvgIpc) is 3.09. The van der Waals surface area contributed by atoms with Crippen LogP contribution in [0.25, 0.3) is 0 Å². The van der Waals surface area contributed by atoms with Gasteiger partial charge in [-0.3, -0.25) is 9.59 Å². The number of rotatable bonds is 7. The summed E-state index contributed by atoms with van der Waals surface area (Å²) < 4.78 is 5.43. The second kappa shape index (κ2) is 8.71. The Morgan fingerprint density at radius 2 is 1.89 bits per heavy atom. The summed E-state index contributed by atoms with van der Waals surface area (Å²) in [6.45, 7) is 5.60. The van der Waals surface area contributed by atoms with E-state index >= 15 is 0 Å². The van der Waals surface area contributed by atoms with E-state index in [4.69, 9.17) is 4.74 Å². The van der Waals surface area contributed by atoms with Crippen LogP contribution in [-0.2, 0) is 9.59 Å². The van der Waals surface area contributed by atoms with Gasteiger partial charge in [-0.1, -0.05) is 37.3 Å². The topological polar surface area (TPSA) is 58.6 Å². The first-order chi connectivity index (χ1) is 13.1. The van der Waals surface area contributed by atoms with Crippen LogP contribution >= 0.6 is 0 Å².